The summed E-state index contributed by atoms with van der Waals surface area (Å²) in [4.78, 5) is 13.9. The Hall–Kier alpha value is -1.75. The van der Waals surface area contributed by atoms with Crippen LogP contribution < -0.4 is 9.47 Å². The van der Waals surface area contributed by atoms with Gasteiger partial charge in [0.25, 0.3) is 0 Å². The second-order valence-corrected chi connectivity index (χ2v) is 4.36. The Bertz CT molecular complexity index is 454. The van der Waals surface area contributed by atoms with E-state index in [0.29, 0.717) is 32.7 Å². The van der Waals surface area contributed by atoms with Gasteiger partial charge in [0.05, 0.1) is 19.6 Å². The Morgan fingerprint density at radius 2 is 1.94 bits per heavy atom. The molecule has 5 heteroatoms. The van der Waals surface area contributed by atoms with Gasteiger partial charge in [-0.25, -0.2) is 0 Å². The number of ether oxygens (including phenoxy) is 3. The molecule has 1 saturated heterocycles. The number of carbonyl (C=O) groups excluding carboxylic acids is 1. The molecular weight excluding hydrogens is 234 g/mol. The van der Waals surface area contributed by atoms with Gasteiger partial charge in [0.2, 0.25) is 12.7 Å². The van der Waals surface area contributed by atoms with Gasteiger partial charge in [0.1, 0.15) is 0 Å². The quantitative estimate of drug-likeness (QED) is 0.778. The topological polar surface area (TPSA) is 48.0 Å². The third kappa shape index (κ3) is 2.26. The first kappa shape index (κ1) is 11.3. The van der Waals surface area contributed by atoms with Crippen LogP contribution in [-0.2, 0) is 16.0 Å². The molecule has 2 heterocycles. The smallest absolute Gasteiger partial charge is 0.231 e. The predicted octanol–water partition coefficient (Wildman–Crippen LogP) is 0.817. The van der Waals surface area contributed by atoms with Crippen molar-refractivity contribution >= 4 is 5.91 Å². The molecule has 3 rings (SSSR count). The Morgan fingerprint density at radius 1 is 1.17 bits per heavy atom. The van der Waals surface area contributed by atoms with Crippen molar-refractivity contribution in [1.82, 2.24) is 4.90 Å². The molecule has 2 aliphatic heterocycles. The highest BCUT2D eigenvalue weighted by atomic mass is 16.7. The molecule has 1 amide bonds. The number of carbonyl (C=O) groups is 1. The minimum absolute atomic E-state index is 0.136. The van der Waals surface area contributed by atoms with E-state index in [1.807, 2.05) is 23.1 Å². The monoisotopic (exact) mass is 249 g/mol. The first-order chi connectivity index (χ1) is 8.83. The Balaban J connectivity index is 1.66. The summed E-state index contributed by atoms with van der Waals surface area (Å²) in [5.74, 6) is 1.61. The molecule has 0 aromatic heterocycles. The molecule has 18 heavy (non-hydrogen) atoms. The summed E-state index contributed by atoms with van der Waals surface area (Å²) in [6, 6.07) is 5.64. The highest BCUT2D eigenvalue weighted by molar-refractivity contribution is 5.79. The average molecular weight is 249 g/mol. The highest BCUT2D eigenvalue weighted by Crippen LogP contribution is 2.32. The van der Waals surface area contributed by atoms with Crippen molar-refractivity contribution in [1.29, 1.82) is 0 Å². The standard InChI is InChI=1S/C13H15NO4/c15-13(14-3-5-16-6-4-14)8-10-1-2-11-12(7-10)18-9-17-11/h1-2,7H,3-6,8-9H2. The molecule has 0 spiro atoms. The lowest BCUT2D eigenvalue weighted by atomic mass is 10.1. The highest BCUT2D eigenvalue weighted by Gasteiger charge is 2.19. The van der Waals surface area contributed by atoms with Gasteiger partial charge in [0.15, 0.2) is 11.5 Å². The van der Waals surface area contributed by atoms with Crippen LogP contribution in [-0.4, -0.2) is 43.9 Å². The summed E-state index contributed by atoms with van der Waals surface area (Å²) in [7, 11) is 0. The van der Waals surface area contributed by atoms with Gasteiger partial charge in [-0.05, 0) is 17.7 Å². The summed E-state index contributed by atoms with van der Waals surface area (Å²) in [5, 5.41) is 0. The Morgan fingerprint density at radius 3 is 2.78 bits per heavy atom. The summed E-state index contributed by atoms with van der Waals surface area (Å²) < 4.78 is 15.8. The van der Waals surface area contributed by atoms with Crippen molar-refractivity contribution in [2.75, 3.05) is 33.1 Å². The van der Waals surface area contributed by atoms with Gasteiger partial charge < -0.3 is 19.1 Å². The number of nitrogens with zero attached hydrogens (tertiary/aromatic N) is 1. The van der Waals surface area contributed by atoms with E-state index in [2.05, 4.69) is 0 Å². The van der Waals surface area contributed by atoms with Crippen LogP contribution in [0.3, 0.4) is 0 Å². The molecule has 0 bridgehead atoms. The summed E-state index contributed by atoms with van der Waals surface area (Å²) in [6.45, 7) is 2.89. The lowest BCUT2D eigenvalue weighted by Gasteiger charge is -2.26. The van der Waals surface area contributed by atoms with E-state index in [9.17, 15) is 4.79 Å². The maximum Gasteiger partial charge on any atom is 0.231 e. The van der Waals surface area contributed by atoms with Crippen LogP contribution in [0.2, 0.25) is 0 Å². The molecule has 0 atom stereocenters. The zero-order chi connectivity index (χ0) is 12.4. The maximum atomic E-state index is 12.1. The van der Waals surface area contributed by atoms with E-state index in [-0.39, 0.29) is 12.7 Å². The fourth-order valence-corrected chi connectivity index (χ4v) is 2.15. The van der Waals surface area contributed by atoms with Crippen LogP contribution in [0.15, 0.2) is 18.2 Å². The number of amides is 1. The van der Waals surface area contributed by atoms with E-state index in [1.165, 1.54) is 0 Å². The zero-order valence-electron chi connectivity index (χ0n) is 10.1. The van der Waals surface area contributed by atoms with Crippen LogP contribution >= 0.6 is 0 Å². The number of morpholine rings is 1. The van der Waals surface area contributed by atoms with Crippen molar-refractivity contribution < 1.29 is 19.0 Å². The summed E-state index contributed by atoms with van der Waals surface area (Å²) in [5.41, 5.74) is 0.954. The molecule has 0 radical (unpaired) electrons. The normalized spacial score (nSPS) is 17.9. The van der Waals surface area contributed by atoms with E-state index in [1.54, 1.807) is 0 Å². The molecule has 0 aliphatic carbocycles. The number of hydrogen-bond acceptors (Lipinski definition) is 4. The van der Waals surface area contributed by atoms with Crippen molar-refractivity contribution in [3.05, 3.63) is 23.8 Å². The Kier molecular flexibility index (Phi) is 3.06. The SMILES string of the molecule is O=C(Cc1ccc2c(c1)OCO2)N1CCOCC1. The first-order valence-electron chi connectivity index (χ1n) is 6.07. The van der Waals surface area contributed by atoms with Gasteiger partial charge in [-0.2, -0.15) is 0 Å². The van der Waals surface area contributed by atoms with E-state index in [4.69, 9.17) is 14.2 Å². The van der Waals surface area contributed by atoms with Crippen LogP contribution in [0.1, 0.15) is 5.56 Å². The van der Waals surface area contributed by atoms with Crippen LogP contribution in [0.4, 0.5) is 0 Å². The van der Waals surface area contributed by atoms with Crippen LogP contribution in [0.25, 0.3) is 0 Å². The van der Waals surface area contributed by atoms with Gasteiger partial charge in [-0.1, -0.05) is 6.07 Å². The van der Waals surface area contributed by atoms with Gasteiger partial charge in [-0.15, -0.1) is 0 Å². The molecule has 0 N–H and O–H groups in total. The second kappa shape index (κ2) is 4.86. The van der Waals surface area contributed by atoms with E-state index < -0.39 is 0 Å². The third-order valence-electron chi connectivity index (χ3n) is 3.16. The minimum atomic E-state index is 0.136. The first-order valence-corrected chi connectivity index (χ1v) is 6.07. The minimum Gasteiger partial charge on any atom is -0.454 e. The lowest BCUT2D eigenvalue weighted by molar-refractivity contribution is -0.134. The number of hydrogen-bond donors (Lipinski definition) is 0. The number of benzene rings is 1. The van der Waals surface area contributed by atoms with Gasteiger partial charge in [0, 0.05) is 13.1 Å². The van der Waals surface area contributed by atoms with Crippen LogP contribution in [0.5, 0.6) is 11.5 Å². The Labute approximate surface area is 105 Å². The maximum absolute atomic E-state index is 12.1. The van der Waals surface area contributed by atoms with Crippen molar-refractivity contribution in [2.45, 2.75) is 6.42 Å². The molecule has 1 aromatic carbocycles. The molecule has 96 valence electrons. The van der Waals surface area contributed by atoms with E-state index in [0.717, 1.165) is 17.1 Å². The number of fused-ring (bicyclic) bond motifs is 1. The van der Waals surface area contributed by atoms with Gasteiger partial charge >= 0.3 is 0 Å². The van der Waals surface area contributed by atoms with E-state index >= 15 is 0 Å². The van der Waals surface area contributed by atoms with Crippen LogP contribution in [0, 0.1) is 0 Å². The van der Waals surface area contributed by atoms with Crippen molar-refractivity contribution in [3.63, 3.8) is 0 Å². The molecule has 1 aromatic rings. The fourth-order valence-electron chi connectivity index (χ4n) is 2.15. The average Bonchev–Trinajstić information content (AvgIpc) is 2.87. The second-order valence-electron chi connectivity index (χ2n) is 4.36. The van der Waals surface area contributed by atoms with Crippen molar-refractivity contribution in [2.24, 2.45) is 0 Å². The van der Waals surface area contributed by atoms with Crippen molar-refractivity contribution in [3.8, 4) is 11.5 Å². The molecule has 2 aliphatic rings. The fraction of sp³-hybridized carbons (Fsp3) is 0.462. The molecular formula is C13H15NO4. The largest absolute Gasteiger partial charge is 0.454 e. The molecule has 0 unspecified atom stereocenters. The summed E-state index contributed by atoms with van der Waals surface area (Å²) in [6.07, 6.45) is 0.399. The predicted molar refractivity (Wildman–Crippen MR) is 63.7 cm³/mol. The lowest BCUT2D eigenvalue weighted by Crippen LogP contribution is -2.41. The third-order valence-corrected chi connectivity index (χ3v) is 3.16. The molecule has 1 fully saturated rings. The molecule has 0 saturated carbocycles. The zero-order valence-corrected chi connectivity index (χ0v) is 10.1. The molecule has 5 nitrogen and oxygen atoms in total. The summed E-state index contributed by atoms with van der Waals surface area (Å²) >= 11 is 0. The number of rotatable bonds is 2. The van der Waals surface area contributed by atoms with Gasteiger partial charge in [-0.3, -0.25) is 4.79 Å².